The van der Waals surface area contributed by atoms with E-state index in [1.165, 1.54) is 13.2 Å². The molecule has 1 aromatic carbocycles. The average molecular weight is 357 g/mol. The van der Waals surface area contributed by atoms with Crippen LogP contribution < -0.4 is 0 Å². The van der Waals surface area contributed by atoms with Crippen molar-refractivity contribution < 1.29 is 22.2 Å². The second-order valence-electron chi connectivity index (χ2n) is 3.76. The quantitative estimate of drug-likeness (QED) is 0.275. The van der Waals surface area contributed by atoms with E-state index in [4.69, 9.17) is 0 Å². The highest BCUT2D eigenvalue weighted by molar-refractivity contribution is 8.15. The number of oxime groups is 1. The van der Waals surface area contributed by atoms with Gasteiger partial charge in [0.25, 0.3) is 0 Å². The van der Waals surface area contributed by atoms with Crippen LogP contribution in [0.25, 0.3) is 0 Å². The van der Waals surface area contributed by atoms with Crippen LogP contribution in [0.2, 0.25) is 0 Å². The summed E-state index contributed by atoms with van der Waals surface area (Å²) < 4.78 is 32.9. The number of hydrogen-bond acceptors (Lipinski definition) is 8. The largest absolute Gasteiger partial charge is 0.464 e. The second kappa shape index (κ2) is 7.43. The topological polar surface area (TPSA) is 82.0 Å². The van der Waals surface area contributed by atoms with Gasteiger partial charge in [0.2, 0.25) is 5.04 Å². The summed E-state index contributed by atoms with van der Waals surface area (Å²) >= 11 is 1.94. The molecule has 0 saturated carbocycles. The van der Waals surface area contributed by atoms with Gasteiger partial charge in [-0.15, -0.1) is 11.3 Å². The van der Waals surface area contributed by atoms with Crippen LogP contribution in [0.5, 0.6) is 0 Å². The molecule has 0 unspecified atom stereocenters. The number of rotatable bonds is 4. The molecule has 2 aromatic rings. The Labute approximate surface area is 135 Å². The monoisotopic (exact) mass is 357 g/mol. The first-order valence-corrected chi connectivity index (χ1v) is 9.00. The minimum atomic E-state index is -4.04. The number of ether oxygens (including phenoxy) is 1. The van der Waals surface area contributed by atoms with Crippen LogP contribution in [-0.4, -0.2) is 26.5 Å². The average Bonchev–Trinajstić information content (AvgIpc) is 3.07. The molecule has 0 atom stereocenters. The number of hydrogen-bond donors (Lipinski definition) is 0. The maximum atomic E-state index is 11.9. The molecule has 2 rings (SSSR count). The van der Waals surface area contributed by atoms with Crippen LogP contribution >= 0.6 is 23.1 Å². The highest BCUT2D eigenvalue weighted by Gasteiger charge is 2.20. The molecule has 0 amide bonds. The maximum Gasteiger partial charge on any atom is 0.368 e. The van der Waals surface area contributed by atoms with Crippen molar-refractivity contribution in [2.24, 2.45) is 5.16 Å². The molecular weight excluding hydrogens is 346 g/mol. The molecule has 6 nitrogen and oxygen atoms in total. The first-order valence-electron chi connectivity index (χ1n) is 5.89. The van der Waals surface area contributed by atoms with Crippen molar-refractivity contribution in [3.05, 3.63) is 47.8 Å². The first-order chi connectivity index (χ1) is 10.5. The summed E-state index contributed by atoms with van der Waals surface area (Å²) in [6.45, 7) is 0. The number of carbonyl (C=O) groups excluding carboxylic acids is 1. The molecule has 0 fully saturated rings. The normalized spacial score (nSPS) is 12.0. The molecule has 0 spiro atoms. The molecule has 9 heteroatoms. The summed E-state index contributed by atoms with van der Waals surface area (Å²) in [6.07, 6.45) is 0. The van der Waals surface area contributed by atoms with Gasteiger partial charge in [-0.25, -0.2) is 4.79 Å². The van der Waals surface area contributed by atoms with Gasteiger partial charge in [-0.3, -0.25) is 4.28 Å². The van der Waals surface area contributed by atoms with Crippen LogP contribution in [0.4, 0.5) is 0 Å². The van der Waals surface area contributed by atoms with E-state index in [2.05, 4.69) is 14.2 Å². The lowest BCUT2D eigenvalue weighted by atomic mass is 10.4. The Morgan fingerprint density at radius 3 is 2.50 bits per heavy atom. The van der Waals surface area contributed by atoms with E-state index in [1.807, 2.05) is 6.07 Å². The summed E-state index contributed by atoms with van der Waals surface area (Å²) in [5, 5.41) is 4.82. The predicted octanol–water partition coefficient (Wildman–Crippen LogP) is 2.73. The van der Waals surface area contributed by atoms with Crippen molar-refractivity contribution in [2.45, 2.75) is 9.10 Å². The number of methoxy groups -OCH3 is 1. The van der Waals surface area contributed by atoms with E-state index in [1.54, 1.807) is 35.7 Å². The van der Waals surface area contributed by atoms with E-state index < -0.39 is 16.1 Å². The minimum Gasteiger partial charge on any atom is -0.464 e. The van der Waals surface area contributed by atoms with Crippen LogP contribution in [0.3, 0.4) is 0 Å². The fourth-order valence-electron chi connectivity index (χ4n) is 1.31. The zero-order chi connectivity index (χ0) is 16.0. The third-order valence-electron chi connectivity index (χ3n) is 2.28. The van der Waals surface area contributed by atoms with Crippen LogP contribution in [0.1, 0.15) is 0 Å². The SMILES string of the molecule is COC(=O)/C(=N/OS(=O)(=O)c1cccs1)Sc1ccccc1. The Morgan fingerprint density at radius 2 is 1.91 bits per heavy atom. The van der Waals surface area contributed by atoms with Gasteiger partial charge in [0.05, 0.1) is 7.11 Å². The zero-order valence-electron chi connectivity index (χ0n) is 11.3. The van der Waals surface area contributed by atoms with E-state index in [0.29, 0.717) is 4.90 Å². The Kier molecular flexibility index (Phi) is 5.58. The lowest BCUT2D eigenvalue weighted by Crippen LogP contribution is -2.14. The number of thiophene rings is 1. The van der Waals surface area contributed by atoms with E-state index >= 15 is 0 Å². The van der Waals surface area contributed by atoms with Gasteiger partial charge in [-0.1, -0.05) is 36.0 Å². The lowest BCUT2D eigenvalue weighted by molar-refractivity contribution is -0.132. The molecule has 0 aliphatic rings. The molecule has 1 heterocycles. The van der Waals surface area contributed by atoms with Crippen LogP contribution in [0.15, 0.2) is 62.1 Å². The molecule has 0 N–H and O–H groups in total. The van der Waals surface area contributed by atoms with Crippen LogP contribution in [-0.2, 0) is 23.9 Å². The predicted molar refractivity (Wildman–Crippen MR) is 84.3 cm³/mol. The highest BCUT2D eigenvalue weighted by Crippen LogP contribution is 2.22. The summed E-state index contributed by atoms with van der Waals surface area (Å²) in [6, 6.07) is 11.8. The Hall–Kier alpha value is -1.84. The van der Waals surface area contributed by atoms with Gasteiger partial charge in [-0.2, -0.15) is 8.42 Å². The molecule has 116 valence electrons. The van der Waals surface area contributed by atoms with Gasteiger partial charge in [-0.05, 0) is 28.7 Å². The molecule has 22 heavy (non-hydrogen) atoms. The summed E-state index contributed by atoms with van der Waals surface area (Å²) in [5.41, 5.74) is 0. The van der Waals surface area contributed by atoms with Crippen molar-refractivity contribution in [1.82, 2.24) is 0 Å². The maximum absolute atomic E-state index is 11.9. The molecule has 0 radical (unpaired) electrons. The molecule has 0 aliphatic carbocycles. The van der Waals surface area contributed by atoms with Gasteiger partial charge >= 0.3 is 16.1 Å². The standard InChI is InChI=1S/C13H11NO5S3/c1-18-13(15)12(21-10-6-3-2-4-7-10)14-19-22(16,17)11-8-5-9-20-11/h2-9H,1H3/b14-12-. The Morgan fingerprint density at radius 1 is 1.18 bits per heavy atom. The van der Waals surface area contributed by atoms with Crippen molar-refractivity contribution in [3.8, 4) is 0 Å². The Balaban J connectivity index is 2.21. The van der Waals surface area contributed by atoms with Gasteiger partial charge in [0, 0.05) is 4.90 Å². The molecule has 0 saturated heterocycles. The fraction of sp³-hybridized carbons (Fsp3) is 0.0769. The smallest absolute Gasteiger partial charge is 0.368 e. The van der Waals surface area contributed by atoms with E-state index in [-0.39, 0.29) is 9.25 Å². The minimum absolute atomic E-state index is 0.00479. The van der Waals surface area contributed by atoms with Gasteiger partial charge in [0.15, 0.2) is 4.21 Å². The molecule has 0 aliphatic heterocycles. The van der Waals surface area contributed by atoms with Crippen LogP contribution in [0, 0.1) is 0 Å². The number of thioether (sulfide) groups is 1. The summed E-state index contributed by atoms with van der Waals surface area (Å²) in [7, 11) is -2.86. The highest BCUT2D eigenvalue weighted by atomic mass is 32.3. The number of nitrogens with zero attached hydrogens (tertiary/aromatic N) is 1. The summed E-state index contributed by atoms with van der Waals surface area (Å²) in [4.78, 5) is 12.4. The third kappa shape index (κ3) is 4.33. The summed E-state index contributed by atoms with van der Waals surface area (Å²) in [5.74, 6) is -0.782. The van der Waals surface area contributed by atoms with Crippen molar-refractivity contribution in [1.29, 1.82) is 0 Å². The number of esters is 1. The van der Waals surface area contributed by atoms with Crippen molar-refractivity contribution in [2.75, 3.05) is 7.11 Å². The first kappa shape index (κ1) is 16.5. The number of carbonyl (C=O) groups is 1. The fourth-order valence-corrected chi connectivity index (χ4v) is 3.78. The third-order valence-corrected chi connectivity index (χ3v) is 5.68. The van der Waals surface area contributed by atoms with E-state index in [9.17, 15) is 13.2 Å². The van der Waals surface area contributed by atoms with E-state index in [0.717, 1.165) is 23.1 Å². The van der Waals surface area contributed by atoms with Gasteiger partial charge < -0.3 is 4.74 Å². The molecule has 1 aromatic heterocycles. The molecule has 0 bridgehead atoms. The van der Waals surface area contributed by atoms with Crippen molar-refractivity contribution >= 4 is 44.2 Å². The second-order valence-corrected chi connectivity index (χ2v) is 7.53. The molecular formula is C13H11NO5S3. The van der Waals surface area contributed by atoms with Gasteiger partial charge in [0.1, 0.15) is 0 Å². The Bertz CT molecular complexity index is 754. The van der Waals surface area contributed by atoms with Crippen molar-refractivity contribution in [3.63, 3.8) is 0 Å². The zero-order valence-corrected chi connectivity index (χ0v) is 13.8. The lowest BCUT2D eigenvalue weighted by Gasteiger charge is -2.04. The number of benzene rings is 1.